The molecule has 108 valence electrons. The Labute approximate surface area is 127 Å². The van der Waals surface area contributed by atoms with Gasteiger partial charge in [0.2, 0.25) is 6.54 Å². The quantitative estimate of drug-likeness (QED) is 0.461. The zero-order valence-electron chi connectivity index (χ0n) is 11.2. The highest BCUT2D eigenvalue weighted by Crippen LogP contribution is 2.22. The summed E-state index contributed by atoms with van der Waals surface area (Å²) in [6.45, 7) is -0.261. The van der Waals surface area contributed by atoms with E-state index in [9.17, 15) is 14.9 Å². The van der Waals surface area contributed by atoms with Crippen molar-refractivity contribution in [3.8, 4) is 0 Å². The maximum absolute atomic E-state index is 12.3. The van der Waals surface area contributed by atoms with Crippen LogP contribution in [0.3, 0.4) is 0 Å². The van der Waals surface area contributed by atoms with Gasteiger partial charge in [0.1, 0.15) is 0 Å². The molecule has 0 saturated carbocycles. The van der Waals surface area contributed by atoms with E-state index in [1.54, 1.807) is 24.3 Å². The van der Waals surface area contributed by atoms with E-state index in [1.165, 1.54) is 0 Å². The van der Waals surface area contributed by atoms with Crippen molar-refractivity contribution in [1.29, 1.82) is 0 Å². The maximum Gasteiger partial charge on any atom is 0.211 e. The highest BCUT2D eigenvalue weighted by Gasteiger charge is 2.22. The first-order valence-corrected chi connectivity index (χ1v) is 6.89. The monoisotopic (exact) mass is 303 g/mol. The fourth-order valence-electron chi connectivity index (χ4n) is 2.17. The molecule has 0 fully saturated rings. The number of rotatable bonds is 6. The van der Waals surface area contributed by atoms with Gasteiger partial charge in [0, 0.05) is 21.9 Å². The number of hydrogen-bond donors (Lipinski definition) is 0. The molecule has 0 aliphatic carbocycles. The molecule has 0 bridgehead atoms. The number of carbonyl (C=O) groups excluding carboxylic acids is 1. The zero-order valence-corrected chi connectivity index (χ0v) is 12.0. The van der Waals surface area contributed by atoms with E-state index in [4.69, 9.17) is 11.6 Å². The Bertz CT molecular complexity index is 626. The minimum Gasteiger partial charge on any atom is -0.294 e. The molecule has 0 radical (unpaired) electrons. The molecule has 0 N–H and O–H groups in total. The SMILES string of the molecule is O=C(C[C@@H](C[N+](=O)[O-])c1ccccc1)c1ccc(Cl)cc1. The van der Waals surface area contributed by atoms with Crippen LogP contribution < -0.4 is 0 Å². The summed E-state index contributed by atoms with van der Waals surface area (Å²) in [7, 11) is 0. The summed E-state index contributed by atoms with van der Waals surface area (Å²) < 4.78 is 0. The van der Waals surface area contributed by atoms with E-state index in [2.05, 4.69) is 0 Å². The van der Waals surface area contributed by atoms with Gasteiger partial charge >= 0.3 is 0 Å². The first-order valence-electron chi connectivity index (χ1n) is 6.52. The first kappa shape index (κ1) is 15.2. The molecule has 1 atom stereocenters. The van der Waals surface area contributed by atoms with E-state index < -0.39 is 5.92 Å². The molecule has 2 aromatic rings. The summed E-state index contributed by atoms with van der Waals surface area (Å²) >= 11 is 5.79. The van der Waals surface area contributed by atoms with Crippen LogP contribution in [0.4, 0.5) is 0 Å². The molecule has 5 heteroatoms. The molecule has 21 heavy (non-hydrogen) atoms. The summed E-state index contributed by atoms with van der Waals surface area (Å²) in [6.07, 6.45) is 0.104. The van der Waals surface area contributed by atoms with Gasteiger partial charge in [-0.2, -0.15) is 0 Å². The van der Waals surface area contributed by atoms with Crippen molar-refractivity contribution < 1.29 is 9.72 Å². The molecular formula is C16H14ClNO3. The number of nitrogens with zero attached hydrogens (tertiary/aromatic N) is 1. The van der Waals surface area contributed by atoms with Crippen molar-refractivity contribution >= 4 is 17.4 Å². The Morgan fingerprint density at radius 2 is 1.71 bits per heavy atom. The van der Waals surface area contributed by atoms with Gasteiger partial charge in [0.15, 0.2) is 5.78 Å². The van der Waals surface area contributed by atoms with Crippen LogP contribution >= 0.6 is 11.6 Å². The Morgan fingerprint density at radius 3 is 2.29 bits per heavy atom. The molecule has 0 spiro atoms. The molecule has 0 saturated heterocycles. The van der Waals surface area contributed by atoms with E-state index in [0.29, 0.717) is 10.6 Å². The lowest BCUT2D eigenvalue weighted by atomic mass is 9.91. The molecular weight excluding hydrogens is 290 g/mol. The van der Waals surface area contributed by atoms with Crippen molar-refractivity contribution in [2.45, 2.75) is 12.3 Å². The van der Waals surface area contributed by atoms with E-state index in [1.807, 2.05) is 30.3 Å². The Kier molecular flexibility index (Phi) is 5.06. The fourth-order valence-corrected chi connectivity index (χ4v) is 2.30. The standard InChI is InChI=1S/C16H14ClNO3/c17-15-8-6-13(7-9-15)16(19)10-14(11-18(20)21)12-4-2-1-3-5-12/h1-9,14H,10-11H2/t14-/m0/s1. The van der Waals surface area contributed by atoms with Crippen LogP contribution in [-0.2, 0) is 0 Å². The summed E-state index contributed by atoms with van der Waals surface area (Å²) in [5, 5.41) is 11.4. The second-order valence-electron chi connectivity index (χ2n) is 4.76. The van der Waals surface area contributed by atoms with Crippen molar-refractivity contribution in [3.05, 3.63) is 80.9 Å². The van der Waals surface area contributed by atoms with Crippen LogP contribution in [-0.4, -0.2) is 17.3 Å². The molecule has 4 nitrogen and oxygen atoms in total. The lowest BCUT2D eigenvalue weighted by Gasteiger charge is -2.12. The first-order chi connectivity index (χ1) is 10.1. The average Bonchev–Trinajstić information content (AvgIpc) is 2.47. The number of hydrogen-bond acceptors (Lipinski definition) is 3. The third kappa shape index (κ3) is 4.39. The highest BCUT2D eigenvalue weighted by molar-refractivity contribution is 6.30. The van der Waals surface area contributed by atoms with Crippen molar-refractivity contribution in [3.63, 3.8) is 0 Å². The molecule has 0 aliphatic heterocycles. The second-order valence-corrected chi connectivity index (χ2v) is 5.19. The third-order valence-electron chi connectivity index (χ3n) is 3.24. The van der Waals surface area contributed by atoms with E-state index in [0.717, 1.165) is 5.56 Å². The molecule has 0 aliphatic rings. The second kappa shape index (κ2) is 6.99. The van der Waals surface area contributed by atoms with Gasteiger partial charge in [-0.1, -0.05) is 41.9 Å². The molecule has 0 heterocycles. The van der Waals surface area contributed by atoms with Crippen LogP contribution in [0, 0.1) is 10.1 Å². The highest BCUT2D eigenvalue weighted by atomic mass is 35.5. The number of halogens is 1. The molecule has 0 aromatic heterocycles. The summed E-state index contributed by atoms with van der Waals surface area (Å²) in [5.74, 6) is -0.549. The number of benzene rings is 2. The minimum atomic E-state index is -0.427. The topological polar surface area (TPSA) is 60.2 Å². The van der Waals surface area contributed by atoms with Crippen LogP contribution in [0.25, 0.3) is 0 Å². The molecule has 2 rings (SSSR count). The summed E-state index contributed by atoms with van der Waals surface area (Å²) in [4.78, 5) is 22.7. The van der Waals surface area contributed by atoms with Crippen molar-refractivity contribution in [2.75, 3.05) is 6.54 Å². The van der Waals surface area contributed by atoms with Crippen LogP contribution in [0.2, 0.25) is 5.02 Å². The summed E-state index contributed by atoms with van der Waals surface area (Å²) in [6, 6.07) is 15.6. The molecule has 2 aromatic carbocycles. The van der Waals surface area contributed by atoms with Gasteiger partial charge in [-0.3, -0.25) is 14.9 Å². The Hall–Kier alpha value is -2.20. The van der Waals surface area contributed by atoms with Crippen LogP contribution in [0.15, 0.2) is 54.6 Å². The number of carbonyl (C=O) groups is 1. The van der Waals surface area contributed by atoms with Crippen molar-refractivity contribution in [1.82, 2.24) is 0 Å². The van der Waals surface area contributed by atoms with Gasteiger partial charge in [-0.25, -0.2) is 0 Å². The minimum absolute atomic E-state index is 0.104. The Balaban J connectivity index is 2.17. The van der Waals surface area contributed by atoms with Gasteiger partial charge in [-0.15, -0.1) is 0 Å². The number of nitro groups is 1. The maximum atomic E-state index is 12.3. The van der Waals surface area contributed by atoms with E-state index >= 15 is 0 Å². The number of ketones is 1. The lowest BCUT2D eigenvalue weighted by molar-refractivity contribution is -0.483. The lowest BCUT2D eigenvalue weighted by Crippen LogP contribution is -2.16. The van der Waals surface area contributed by atoms with Crippen LogP contribution in [0.1, 0.15) is 28.3 Å². The normalized spacial score (nSPS) is 11.9. The molecule has 0 amide bonds. The smallest absolute Gasteiger partial charge is 0.211 e. The van der Waals surface area contributed by atoms with Gasteiger partial charge in [-0.05, 0) is 29.8 Å². The average molecular weight is 304 g/mol. The van der Waals surface area contributed by atoms with E-state index in [-0.39, 0.29) is 23.7 Å². The molecule has 0 unspecified atom stereocenters. The zero-order chi connectivity index (χ0) is 15.2. The largest absolute Gasteiger partial charge is 0.294 e. The predicted molar refractivity (Wildman–Crippen MR) is 81.4 cm³/mol. The Morgan fingerprint density at radius 1 is 1.10 bits per heavy atom. The fraction of sp³-hybridized carbons (Fsp3) is 0.188. The van der Waals surface area contributed by atoms with Gasteiger partial charge in [0.25, 0.3) is 0 Å². The predicted octanol–water partition coefficient (Wildman–Crippen LogP) is 3.97. The summed E-state index contributed by atoms with van der Waals surface area (Å²) in [5.41, 5.74) is 1.32. The number of Topliss-reactive ketones (excluding diaryl/α,β-unsaturated/α-hetero) is 1. The van der Waals surface area contributed by atoms with Gasteiger partial charge in [0.05, 0.1) is 5.92 Å². The van der Waals surface area contributed by atoms with Crippen LogP contribution in [0.5, 0.6) is 0 Å². The van der Waals surface area contributed by atoms with Gasteiger partial charge < -0.3 is 0 Å². The van der Waals surface area contributed by atoms with Crippen molar-refractivity contribution in [2.24, 2.45) is 0 Å². The third-order valence-corrected chi connectivity index (χ3v) is 3.49.